The van der Waals surface area contributed by atoms with Gasteiger partial charge in [-0.2, -0.15) is 5.26 Å². The molecule has 0 radical (unpaired) electrons. The van der Waals surface area contributed by atoms with Gasteiger partial charge in [-0.05, 0) is 45.7 Å². The van der Waals surface area contributed by atoms with Gasteiger partial charge < -0.3 is 29.6 Å². The maximum atomic E-state index is 12.3. The molecule has 0 bridgehead atoms. The Morgan fingerprint density at radius 3 is 2.90 bits per heavy atom. The van der Waals surface area contributed by atoms with Gasteiger partial charge in [0.1, 0.15) is 24.3 Å². The Kier molecular flexibility index (Phi) is 8.54. The molecule has 1 atom stereocenters. The molecule has 0 unspecified atom stereocenters. The predicted octanol–water partition coefficient (Wildman–Crippen LogP) is 4.19. The third-order valence-corrected chi connectivity index (χ3v) is 6.32. The van der Waals surface area contributed by atoms with E-state index in [2.05, 4.69) is 15.3 Å². The number of aromatic nitrogens is 3. The molecule has 3 aromatic rings. The molecule has 0 spiro atoms. The van der Waals surface area contributed by atoms with Crippen molar-refractivity contribution in [2.24, 2.45) is 0 Å². The number of nitrogens with one attached hydrogen (secondary N) is 2. The molecule has 206 valence electrons. The number of likely N-dealkylation sites (tertiary alicyclic amines) is 1. The number of rotatable bonds is 8. The molecule has 4 heterocycles. The van der Waals surface area contributed by atoms with Crippen molar-refractivity contribution in [1.82, 2.24) is 24.8 Å². The quantitative estimate of drug-likeness (QED) is 0.440. The average Bonchev–Trinajstić information content (AvgIpc) is 3.38. The Morgan fingerprint density at radius 1 is 1.31 bits per heavy atom. The summed E-state index contributed by atoms with van der Waals surface area (Å²) in [4.78, 5) is 40.2. The van der Waals surface area contributed by atoms with Gasteiger partial charge in [-0.3, -0.25) is 4.79 Å². The number of hydrogen-bond donors (Lipinski definition) is 2. The number of likely N-dealkylation sites (N-methyl/N-ethyl adjacent to an activating group) is 1. The van der Waals surface area contributed by atoms with Gasteiger partial charge in [-0.25, -0.2) is 14.8 Å². The van der Waals surface area contributed by atoms with E-state index >= 15 is 0 Å². The number of piperidine rings is 1. The van der Waals surface area contributed by atoms with Gasteiger partial charge in [0.2, 0.25) is 11.8 Å². The summed E-state index contributed by atoms with van der Waals surface area (Å²) in [5.74, 6) is 0.283. The Bertz CT molecular complexity index is 1360. The minimum absolute atomic E-state index is 0.0171. The van der Waals surface area contributed by atoms with Crippen LogP contribution in [0, 0.1) is 11.3 Å². The van der Waals surface area contributed by atoms with Crippen LogP contribution in [0.25, 0.3) is 22.3 Å². The minimum atomic E-state index is -0.565. The van der Waals surface area contributed by atoms with Crippen molar-refractivity contribution in [3.63, 3.8) is 0 Å². The fourth-order valence-electron chi connectivity index (χ4n) is 4.43. The molecule has 0 aliphatic carbocycles. The number of carbonyl (C=O) groups is 2. The number of nitriles is 1. The Balaban J connectivity index is 1.50. The molecule has 0 aromatic carbocycles. The second-order valence-electron chi connectivity index (χ2n) is 10.6. The summed E-state index contributed by atoms with van der Waals surface area (Å²) in [7, 11) is 1.66. The molecule has 1 aliphatic rings. The lowest BCUT2D eigenvalue weighted by atomic mass is 10.0. The summed E-state index contributed by atoms with van der Waals surface area (Å²) < 4.78 is 11.2. The van der Waals surface area contributed by atoms with Crippen LogP contribution in [0.2, 0.25) is 0 Å². The highest BCUT2D eigenvalue weighted by Crippen LogP contribution is 2.34. The van der Waals surface area contributed by atoms with Crippen LogP contribution in [0.5, 0.6) is 5.88 Å². The molecule has 11 nitrogen and oxygen atoms in total. The van der Waals surface area contributed by atoms with E-state index in [0.717, 1.165) is 35.1 Å². The highest BCUT2D eigenvalue weighted by molar-refractivity contribution is 5.97. The molecule has 11 heteroatoms. The van der Waals surface area contributed by atoms with Crippen molar-refractivity contribution < 1.29 is 19.1 Å². The number of ether oxygens (including phenoxy) is 2. The van der Waals surface area contributed by atoms with E-state index in [0.29, 0.717) is 31.2 Å². The predicted molar refractivity (Wildman–Crippen MR) is 147 cm³/mol. The van der Waals surface area contributed by atoms with E-state index in [-0.39, 0.29) is 25.0 Å². The molecule has 2 N–H and O–H groups in total. The highest BCUT2D eigenvalue weighted by atomic mass is 16.6. The molecule has 39 heavy (non-hydrogen) atoms. The first-order valence-electron chi connectivity index (χ1n) is 13.1. The smallest absolute Gasteiger partial charge is 0.410 e. The zero-order valence-electron chi connectivity index (χ0n) is 22.9. The summed E-state index contributed by atoms with van der Waals surface area (Å²) in [6, 6.07) is 9.46. The third kappa shape index (κ3) is 7.16. The lowest BCUT2D eigenvalue weighted by Gasteiger charge is -2.34. The van der Waals surface area contributed by atoms with E-state index < -0.39 is 11.7 Å². The van der Waals surface area contributed by atoms with Crippen molar-refractivity contribution >= 4 is 28.7 Å². The Morgan fingerprint density at radius 2 is 2.13 bits per heavy atom. The van der Waals surface area contributed by atoms with Crippen LogP contribution in [0.1, 0.15) is 40.0 Å². The molecule has 1 fully saturated rings. The zero-order valence-corrected chi connectivity index (χ0v) is 22.9. The zero-order chi connectivity index (χ0) is 28.0. The van der Waals surface area contributed by atoms with E-state index in [1.807, 2.05) is 51.2 Å². The van der Waals surface area contributed by atoms with Gasteiger partial charge >= 0.3 is 6.09 Å². The monoisotopic (exact) mass is 533 g/mol. The largest absolute Gasteiger partial charge is 0.476 e. The van der Waals surface area contributed by atoms with Crippen LogP contribution in [0.3, 0.4) is 0 Å². The Labute approximate surface area is 228 Å². The van der Waals surface area contributed by atoms with Gasteiger partial charge in [0.05, 0.1) is 24.0 Å². The molecular weight excluding hydrogens is 498 g/mol. The van der Waals surface area contributed by atoms with Crippen LogP contribution in [-0.2, 0) is 9.53 Å². The molecule has 2 amide bonds. The average molecular weight is 534 g/mol. The number of aromatic amines is 1. The van der Waals surface area contributed by atoms with E-state index in [9.17, 15) is 9.59 Å². The number of H-pyrrole nitrogens is 1. The van der Waals surface area contributed by atoms with E-state index in [1.54, 1.807) is 24.2 Å². The second kappa shape index (κ2) is 12.0. The molecule has 0 saturated carbocycles. The van der Waals surface area contributed by atoms with Crippen LogP contribution < -0.4 is 10.1 Å². The SMILES string of the molecule is CN(CCOc1cccc(-c2cnc3[nH]ccc3c2N[C@@H]2CCCN(C(=O)CC#N)C2)n1)C(=O)OC(C)(C)C. The van der Waals surface area contributed by atoms with E-state index in [4.69, 9.17) is 19.7 Å². The molecule has 3 aromatic heterocycles. The van der Waals surface area contributed by atoms with E-state index in [1.165, 1.54) is 4.90 Å². The lowest BCUT2D eigenvalue weighted by molar-refractivity contribution is -0.131. The minimum Gasteiger partial charge on any atom is -0.476 e. The first-order chi connectivity index (χ1) is 18.6. The number of hydrogen-bond acceptors (Lipinski definition) is 8. The maximum absolute atomic E-state index is 12.3. The van der Waals surface area contributed by atoms with Gasteiger partial charge in [0.15, 0.2) is 0 Å². The maximum Gasteiger partial charge on any atom is 0.410 e. The molecule has 1 saturated heterocycles. The molecular formula is C28H35N7O4. The summed E-state index contributed by atoms with van der Waals surface area (Å²) in [6.45, 7) is 7.25. The van der Waals surface area contributed by atoms with Crippen molar-refractivity contribution in [3.05, 3.63) is 36.7 Å². The summed E-state index contributed by atoms with van der Waals surface area (Å²) >= 11 is 0. The fraction of sp³-hybridized carbons (Fsp3) is 0.464. The number of anilines is 1. The van der Waals surface area contributed by atoms with Gasteiger partial charge in [-0.1, -0.05) is 6.07 Å². The van der Waals surface area contributed by atoms with Crippen molar-refractivity contribution in [2.45, 2.75) is 51.7 Å². The number of carbonyl (C=O) groups excluding carboxylic acids is 2. The number of amides is 2. The number of fused-ring (bicyclic) bond motifs is 1. The van der Waals surface area contributed by atoms with Gasteiger partial charge in [0.25, 0.3) is 0 Å². The second-order valence-corrected chi connectivity index (χ2v) is 10.6. The van der Waals surface area contributed by atoms with Crippen molar-refractivity contribution in [1.29, 1.82) is 5.26 Å². The third-order valence-electron chi connectivity index (χ3n) is 6.32. The Hall–Kier alpha value is -4.33. The van der Waals surface area contributed by atoms with Crippen LogP contribution in [-0.4, -0.2) is 81.7 Å². The first kappa shape index (κ1) is 27.7. The summed E-state index contributed by atoms with van der Waals surface area (Å²) in [5.41, 5.74) is 2.53. The number of nitrogens with zero attached hydrogens (tertiary/aromatic N) is 5. The topological polar surface area (TPSA) is 136 Å². The fourth-order valence-corrected chi connectivity index (χ4v) is 4.43. The van der Waals surface area contributed by atoms with Crippen molar-refractivity contribution in [3.8, 4) is 23.2 Å². The molecule has 1 aliphatic heterocycles. The standard InChI is InChI=1S/C28H35N7O4/c1-28(2,3)39-27(37)34(4)15-16-38-23-9-5-8-22(33-23)21-17-31-26-20(11-13-30-26)25(21)32-19-7-6-14-35(18-19)24(36)10-12-29/h5,8-9,11,13,17,19H,6-7,10,14-16,18H2,1-4H3,(H2,30,31,32)/t19-/m1/s1. The van der Waals surface area contributed by atoms with Crippen molar-refractivity contribution in [2.75, 3.05) is 38.6 Å². The molecule has 4 rings (SSSR count). The normalized spacial score (nSPS) is 15.5. The summed E-state index contributed by atoms with van der Waals surface area (Å²) in [6.07, 6.45) is 4.83. The highest BCUT2D eigenvalue weighted by Gasteiger charge is 2.25. The summed E-state index contributed by atoms with van der Waals surface area (Å²) in [5, 5.41) is 13.5. The van der Waals surface area contributed by atoms with Gasteiger partial charge in [-0.15, -0.1) is 0 Å². The number of pyridine rings is 2. The first-order valence-corrected chi connectivity index (χ1v) is 13.1. The van der Waals surface area contributed by atoms with Crippen LogP contribution >= 0.6 is 0 Å². The van der Waals surface area contributed by atoms with Gasteiger partial charge in [0, 0.05) is 55.6 Å². The van der Waals surface area contributed by atoms with Crippen LogP contribution in [0.4, 0.5) is 10.5 Å². The van der Waals surface area contributed by atoms with Crippen LogP contribution in [0.15, 0.2) is 36.7 Å². The lowest BCUT2D eigenvalue weighted by Crippen LogP contribution is -2.45.